The van der Waals surface area contributed by atoms with Gasteiger partial charge in [0.2, 0.25) is 0 Å². The highest BCUT2D eigenvalue weighted by atomic mass is 16.5. The number of allylic oxidation sites excluding steroid dienone is 1. The van der Waals surface area contributed by atoms with E-state index in [1.54, 1.807) is 31.2 Å². The van der Waals surface area contributed by atoms with E-state index in [-0.39, 0.29) is 17.4 Å². The predicted octanol–water partition coefficient (Wildman–Crippen LogP) is 4.85. The van der Waals surface area contributed by atoms with Gasteiger partial charge in [0.25, 0.3) is 0 Å². The summed E-state index contributed by atoms with van der Waals surface area (Å²) in [6.45, 7) is 7.87. The maximum Gasteiger partial charge on any atom is 0.338 e. The second kappa shape index (κ2) is 8.36. The summed E-state index contributed by atoms with van der Waals surface area (Å²) in [4.78, 5) is 23.2. The molecule has 0 aliphatic heterocycles. The zero-order chi connectivity index (χ0) is 21.0. The number of fused-ring (bicyclic) bond motifs is 1. The van der Waals surface area contributed by atoms with Crippen molar-refractivity contribution in [3.63, 3.8) is 0 Å². The quantitative estimate of drug-likeness (QED) is 0.557. The Morgan fingerprint density at radius 1 is 1.03 bits per heavy atom. The molecule has 148 valence electrons. The largest absolute Gasteiger partial charge is 0.462 e. The molecule has 2 aromatic carbocycles. The highest BCUT2D eigenvalue weighted by molar-refractivity contribution is 5.89. The molecule has 4 nitrogen and oxygen atoms in total. The van der Waals surface area contributed by atoms with Crippen molar-refractivity contribution in [3.05, 3.63) is 76.4 Å². The van der Waals surface area contributed by atoms with Crippen LogP contribution >= 0.6 is 0 Å². The molecule has 0 atom stereocenters. The van der Waals surface area contributed by atoms with Gasteiger partial charge in [-0.1, -0.05) is 31.8 Å². The Morgan fingerprint density at radius 2 is 1.69 bits per heavy atom. The average Bonchev–Trinajstić information content (AvgIpc) is 2.69. The van der Waals surface area contributed by atoms with Crippen LogP contribution in [-0.4, -0.2) is 18.5 Å². The standard InChI is InChI=1S/C25H24O4/c1-5-28-24(27)20-11-8-18(9-12-20)6-7-19-10-13-22-21(16-19)23(29-17(2)26)14-15-25(22,3)4/h8-14,16H,5,15H2,1-4H3. The predicted molar refractivity (Wildman–Crippen MR) is 112 cm³/mol. The van der Waals surface area contributed by atoms with Crippen molar-refractivity contribution in [3.8, 4) is 11.8 Å². The molecule has 0 radical (unpaired) electrons. The minimum atomic E-state index is -0.339. The first-order chi connectivity index (χ1) is 13.8. The molecule has 0 saturated heterocycles. The molecule has 2 aromatic rings. The van der Waals surface area contributed by atoms with E-state index >= 15 is 0 Å². The Bertz CT molecular complexity index is 1030. The second-order valence-electron chi connectivity index (χ2n) is 7.56. The Hall–Kier alpha value is -3.32. The summed E-state index contributed by atoms with van der Waals surface area (Å²) in [5.41, 5.74) is 4.14. The van der Waals surface area contributed by atoms with E-state index in [4.69, 9.17) is 9.47 Å². The normalized spacial score (nSPS) is 14.0. The molecule has 1 aliphatic carbocycles. The number of benzene rings is 2. The molecule has 0 bridgehead atoms. The minimum Gasteiger partial charge on any atom is -0.462 e. The van der Waals surface area contributed by atoms with Crippen LogP contribution in [0, 0.1) is 11.8 Å². The fraction of sp³-hybridized carbons (Fsp3) is 0.280. The van der Waals surface area contributed by atoms with Crippen LogP contribution in [0.2, 0.25) is 0 Å². The Labute approximate surface area is 171 Å². The van der Waals surface area contributed by atoms with Crippen molar-refractivity contribution in [2.75, 3.05) is 6.61 Å². The van der Waals surface area contributed by atoms with Gasteiger partial charge in [0.1, 0.15) is 5.76 Å². The summed E-state index contributed by atoms with van der Waals surface area (Å²) < 4.78 is 10.4. The third-order valence-corrected chi connectivity index (χ3v) is 4.81. The van der Waals surface area contributed by atoms with Crippen LogP contribution < -0.4 is 0 Å². The second-order valence-corrected chi connectivity index (χ2v) is 7.56. The molecule has 0 saturated carbocycles. The summed E-state index contributed by atoms with van der Waals surface area (Å²) in [6.07, 6.45) is 2.77. The third kappa shape index (κ3) is 4.75. The summed E-state index contributed by atoms with van der Waals surface area (Å²) >= 11 is 0. The first-order valence-electron chi connectivity index (χ1n) is 9.63. The van der Waals surface area contributed by atoms with Crippen molar-refractivity contribution >= 4 is 17.7 Å². The fourth-order valence-electron chi connectivity index (χ4n) is 3.28. The van der Waals surface area contributed by atoms with Gasteiger partial charge in [-0.05, 0) is 66.8 Å². The number of rotatable bonds is 3. The smallest absolute Gasteiger partial charge is 0.338 e. The minimum absolute atomic E-state index is 0.0339. The Balaban J connectivity index is 1.88. The lowest BCUT2D eigenvalue weighted by molar-refractivity contribution is -0.134. The van der Waals surface area contributed by atoms with Crippen LogP contribution in [0.1, 0.15) is 66.7 Å². The summed E-state index contributed by atoms with van der Waals surface area (Å²) in [5.74, 6) is 6.19. The van der Waals surface area contributed by atoms with Crippen LogP contribution in [0.15, 0.2) is 48.5 Å². The SMILES string of the molecule is CCOC(=O)c1ccc(C#Cc2ccc3c(c2)C(OC(C)=O)=CCC3(C)C)cc1. The van der Waals surface area contributed by atoms with Crippen LogP contribution in [0.5, 0.6) is 0 Å². The molecule has 0 aromatic heterocycles. The van der Waals surface area contributed by atoms with Crippen molar-refractivity contribution in [2.24, 2.45) is 0 Å². The first-order valence-corrected chi connectivity index (χ1v) is 9.63. The summed E-state index contributed by atoms with van der Waals surface area (Å²) in [5, 5.41) is 0. The zero-order valence-electron chi connectivity index (χ0n) is 17.2. The zero-order valence-corrected chi connectivity index (χ0v) is 17.2. The molecule has 0 heterocycles. The van der Waals surface area contributed by atoms with Gasteiger partial charge in [-0.25, -0.2) is 4.79 Å². The van der Waals surface area contributed by atoms with Gasteiger partial charge in [0.15, 0.2) is 0 Å². The van der Waals surface area contributed by atoms with Crippen molar-refractivity contribution in [1.29, 1.82) is 0 Å². The lowest BCUT2D eigenvalue weighted by Gasteiger charge is -2.31. The van der Waals surface area contributed by atoms with Gasteiger partial charge in [-0.3, -0.25) is 4.79 Å². The molecule has 1 aliphatic rings. The topological polar surface area (TPSA) is 52.6 Å². The molecular weight excluding hydrogens is 364 g/mol. The van der Waals surface area contributed by atoms with E-state index < -0.39 is 0 Å². The molecule has 0 N–H and O–H groups in total. The van der Waals surface area contributed by atoms with Gasteiger partial charge in [-0.15, -0.1) is 0 Å². The Kier molecular flexibility index (Phi) is 5.89. The Morgan fingerprint density at radius 3 is 2.34 bits per heavy atom. The fourth-order valence-corrected chi connectivity index (χ4v) is 3.28. The lowest BCUT2D eigenvalue weighted by Crippen LogP contribution is -2.22. The molecule has 0 amide bonds. The lowest BCUT2D eigenvalue weighted by atomic mass is 9.75. The van der Waals surface area contributed by atoms with Gasteiger partial charge >= 0.3 is 11.9 Å². The van der Waals surface area contributed by atoms with E-state index in [9.17, 15) is 9.59 Å². The summed E-state index contributed by atoms with van der Waals surface area (Å²) in [7, 11) is 0. The van der Waals surface area contributed by atoms with Crippen LogP contribution in [-0.2, 0) is 19.7 Å². The number of carbonyl (C=O) groups excluding carboxylic acids is 2. The molecule has 3 rings (SSSR count). The summed E-state index contributed by atoms with van der Waals surface area (Å²) in [6, 6.07) is 13.0. The highest BCUT2D eigenvalue weighted by Gasteiger charge is 2.29. The molecule has 0 unspecified atom stereocenters. The number of esters is 2. The number of hydrogen-bond donors (Lipinski definition) is 0. The molecule has 4 heteroatoms. The molecule has 0 fully saturated rings. The number of hydrogen-bond acceptors (Lipinski definition) is 4. The van der Waals surface area contributed by atoms with Crippen molar-refractivity contribution in [1.82, 2.24) is 0 Å². The van der Waals surface area contributed by atoms with Crippen molar-refractivity contribution < 1.29 is 19.1 Å². The van der Waals surface area contributed by atoms with Crippen LogP contribution in [0.3, 0.4) is 0 Å². The van der Waals surface area contributed by atoms with Crippen LogP contribution in [0.4, 0.5) is 0 Å². The van der Waals surface area contributed by atoms with Gasteiger partial charge in [0, 0.05) is 23.6 Å². The number of ether oxygens (including phenoxy) is 2. The van der Waals surface area contributed by atoms with E-state index in [1.807, 2.05) is 18.2 Å². The average molecular weight is 388 g/mol. The van der Waals surface area contributed by atoms with E-state index in [2.05, 4.69) is 31.8 Å². The van der Waals surface area contributed by atoms with Gasteiger partial charge in [0.05, 0.1) is 12.2 Å². The maximum absolute atomic E-state index is 11.7. The monoisotopic (exact) mass is 388 g/mol. The molecule has 0 spiro atoms. The third-order valence-electron chi connectivity index (χ3n) is 4.81. The van der Waals surface area contributed by atoms with E-state index in [0.29, 0.717) is 17.9 Å². The highest BCUT2D eigenvalue weighted by Crippen LogP contribution is 2.39. The van der Waals surface area contributed by atoms with E-state index in [1.165, 1.54) is 6.92 Å². The van der Waals surface area contributed by atoms with Crippen molar-refractivity contribution in [2.45, 2.75) is 39.5 Å². The van der Waals surface area contributed by atoms with E-state index in [0.717, 1.165) is 28.7 Å². The molecular formula is C25H24O4. The first kappa shape index (κ1) is 20.4. The molecule has 29 heavy (non-hydrogen) atoms. The maximum atomic E-state index is 11.7. The van der Waals surface area contributed by atoms with Gasteiger partial charge in [-0.2, -0.15) is 0 Å². The van der Waals surface area contributed by atoms with Crippen LogP contribution in [0.25, 0.3) is 5.76 Å². The number of carbonyl (C=O) groups is 2. The van der Waals surface area contributed by atoms with Gasteiger partial charge < -0.3 is 9.47 Å².